The lowest BCUT2D eigenvalue weighted by atomic mass is 10.2. The first kappa shape index (κ1) is 16.8. The number of carbonyl (C=O) groups is 1. The normalized spacial score (nSPS) is 12.3. The van der Waals surface area contributed by atoms with Crippen LogP contribution in [0.1, 0.15) is 20.8 Å². The van der Waals surface area contributed by atoms with E-state index in [1.807, 2.05) is 13.8 Å². The molecule has 118 valence electrons. The fraction of sp³-hybridized carbons (Fsp3) is 0.615. The lowest BCUT2D eigenvalue weighted by Gasteiger charge is -2.20. The van der Waals surface area contributed by atoms with Gasteiger partial charge >= 0.3 is 5.69 Å². The highest BCUT2D eigenvalue weighted by Crippen LogP contribution is 2.13. The molecular formula is C13H23N5O3. The van der Waals surface area contributed by atoms with Crippen molar-refractivity contribution in [3.05, 3.63) is 20.8 Å². The van der Waals surface area contributed by atoms with Crippen molar-refractivity contribution in [2.24, 2.45) is 5.92 Å². The van der Waals surface area contributed by atoms with Gasteiger partial charge in [0.1, 0.15) is 17.5 Å². The van der Waals surface area contributed by atoms with Crippen molar-refractivity contribution in [2.45, 2.75) is 33.4 Å². The fourth-order valence-electron chi connectivity index (χ4n) is 1.94. The van der Waals surface area contributed by atoms with Crippen LogP contribution < -0.4 is 22.3 Å². The van der Waals surface area contributed by atoms with Gasteiger partial charge in [-0.3, -0.25) is 19.1 Å². The number of hydrogen-bond donors (Lipinski definition) is 3. The molecule has 1 aromatic heterocycles. The highest BCUT2D eigenvalue weighted by atomic mass is 16.2. The molecule has 21 heavy (non-hydrogen) atoms. The second-order valence-electron chi connectivity index (χ2n) is 5.62. The lowest BCUT2D eigenvalue weighted by Crippen LogP contribution is -2.41. The largest absolute Gasteiger partial charge is 0.383 e. The first-order valence-electron chi connectivity index (χ1n) is 6.75. The SMILES string of the molecule is CC(C)Cn1c(N)c(NC(C)C(=O)N(C)C)c(=O)[nH]c1=O. The third kappa shape index (κ3) is 3.87. The molecule has 0 spiro atoms. The Labute approximate surface area is 122 Å². The Hall–Kier alpha value is -2.25. The number of aromatic nitrogens is 2. The second-order valence-corrected chi connectivity index (χ2v) is 5.62. The van der Waals surface area contributed by atoms with Gasteiger partial charge in [-0.1, -0.05) is 13.8 Å². The summed E-state index contributed by atoms with van der Waals surface area (Å²) in [6, 6.07) is -0.631. The summed E-state index contributed by atoms with van der Waals surface area (Å²) in [5.41, 5.74) is 4.77. The highest BCUT2D eigenvalue weighted by molar-refractivity contribution is 5.84. The van der Waals surface area contributed by atoms with Crippen LogP contribution >= 0.6 is 0 Å². The predicted octanol–water partition coefficient (Wildman–Crippen LogP) is -0.337. The van der Waals surface area contributed by atoms with Gasteiger partial charge in [0.15, 0.2) is 0 Å². The van der Waals surface area contributed by atoms with E-state index in [0.717, 1.165) is 0 Å². The zero-order chi connectivity index (χ0) is 16.3. The quantitative estimate of drug-likeness (QED) is 0.688. The van der Waals surface area contributed by atoms with E-state index in [9.17, 15) is 14.4 Å². The standard InChI is InChI=1S/C13H23N5O3/c1-7(2)6-18-10(14)9(11(19)16-13(18)21)15-8(3)12(20)17(4)5/h7-8,15H,6,14H2,1-5H3,(H,16,19,21). The van der Waals surface area contributed by atoms with Gasteiger partial charge in [-0.25, -0.2) is 4.79 Å². The summed E-state index contributed by atoms with van der Waals surface area (Å²) in [6.07, 6.45) is 0. The zero-order valence-corrected chi connectivity index (χ0v) is 13.1. The van der Waals surface area contributed by atoms with E-state index >= 15 is 0 Å². The Balaban J connectivity index is 3.22. The Kier molecular flexibility index (Phi) is 5.17. The van der Waals surface area contributed by atoms with Gasteiger partial charge in [0, 0.05) is 20.6 Å². The van der Waals surface area contributed by atoms with Crippen molar-refractivity contribution in [3.8, 4) is 0 Å². The maximum atomic E-state index is 11.9. The minimum absolute atomic E-state index is 0.0378. The van der Waals surface area contributed by atoms with Gasteiger partial charge in [-0.15, -0.1) is 0 Å². The van der Waals surface area contributed by atoms with E-state index in [4.69, 9.17) is 5.73 Å². The summed E-state index contributed by atoms with van der Waals surface area (Å²) in [6.45, 7) is 5.87. The average molecular weight is 297 g/mol. The summed E-state index contributed by atoms with van der Waals surface area (Å²) < 4.78 is 1.29. The summed E-state index contributed by atoms with van der Waals surface area (Å²) in [5.74, 6) is 0.0239. The number of nitrogen functional groups attached to an aromatic ring is 1. The molecule has 1 atom stereocenters. The van der Waals surface area contributed by atoms with Gasteiger partial charge in [-0.2, -0.15) is 0 Å². The molecule has 8 nitrogen and oxygen atoms in total. The number of H-pyrrole nitrogens is 1. The van der Waals surface area contributed by atoms with E-state index in [1.165, 1.54) is 9.47 Å². The number of anilines is 2. The van der Waals surface area contributed by atoms with Crippen molar-refractivity contribution in [3.63, 3.8) is 0 Å². The van der Waals surface area contributed by atoms with Crippen LogP contribution in [0.4, 0.5) is 11.5 Å². The molecule has 8 heteroatoms. The molecule has 0 saturated carbocycles. The Morgan fingerprint density at radius 1 is 1.33 bits per heavy atom. The molecule has 1 unspecified atom stereocenters. The number of likely N-dealkylation sites (N-methyl/N-ethyl adjacent to an activating group) is 1. The molecular weight excluding hydrogens is 274 g/mol. The molecule has 1 amide bonds. The van der Waals surface area contributed by atoms with E-state index in [1.54, 1.807) is 21.0 Å². The van der Waals surface area contributed by atoms with E-state index < -0.39 is 17.3 Å². The van der Waals surface area contributed by atoms with Crippen LogP contribution in [0.3, 0.4) is 0 Å². The molecule has 0 aliphatic heterocycles. The Morgan fingerprint density at radius 2 is 1.90 bits per heavy atom. The monoisotopic (exact) mass is 297 g/mol. The molecule has 0 bridgehead atoms. The number of amides is 1. The molecule has 1 rings (SSSR count). The van der Waals surface area contributed by atoms with Gasteiger partial charge in [0.05, 0.1) is 0 Å². The van der Waals surface area contributed by atoms with Gasteiger partial charge in [-0.05, 0) is 12.8 Å². The number of nitrogens with two attached hydrogens (primary N) is 1. The van der Waals surface area contributed by atoms with E-state index in [-0.39, 0.29) is 23.3 Å². The van der Waals surface area contributed by atoms with Gasteiger partial charge < -0.3 is 16.0 Å². The van der Waals surface area contributed by atoms with Crippen LogP contribution in [-0.4, -0.2) is 40.5 Å². The smallest absolute Gasteiger partial charge is 0.330 e. The summed E-state index contributed by atoms with van der Waals surface area (Å²) in [7, 11) is 3.24. The molecule has 0 aromatic carbocycles. The van der Waals surface area contributed by atoms with Crippen molar-refractivity contribution in [1.82, 2.24) is 14.5 Å². The molecule has 0 fully saturated rings. The van der Waals surface area contributed by atoms with Crippen molar-refractivity contribution in [1.29, 1.82) is 0 Å². The Bertz CT molecular complexity index is 630. The van der Waals surface area contributed by atoms with Crippen molar-refractivity contribution >= 4 is 17.4 Å². The van der Waals surface area contributed by atoms with Crippen LogP contribution in [0.5, 0.6) is 0 Å². The van der Waals surface area contributed by atoms with Crippen molar-refractivity contribution < 1.29 is 4.79 Å². The second kappa shape index (κ2) is 6.47. The summed E-state index contributed by atoms with van der Waals surface area (Å²) in [5, 5.41) is 2.78. The minimum atomic E-state index is -0.631. The molecule has 1 aromatic rings. The number of carbonyl (C=O) groups excluding carboxylic acids is 1. The topological polar surface area (TPSA) is 113 Å². The molecule has 0 aliphatic rings. The number of hydrogen-bond acceptors (Lipinski definition) is 5. The Morgan fingerprint density at radius 3 is 2.38 bits per heavy atom. The zero-order valence-electron chi connectivity index (χ0n) is 13.1. The van der Waals surface area contributed by atoms with Crippen LogP contribution in [0.25, 0.3) is 0 Å². The van der Waals surface area contributed by atoms with Crippen LogP contribution in [0.2, 0.25) is 0 Å². The molecule has 4 N–H and O–H groups in total. The molecule has 0 radical (unpaired) electrons. The fourth-order valence-corrected chi connectivity index (χ4v) is 1.94. The number of nitrogens with zero attached hydrogens (tertiary/aromatic N) is 2. The lowest BCUT2D eigenvalue weighted by molar-refractivity contribution is -0.129. The van der Waals surface area contributed by atoms with Crippen LogP contribution in [-0.2, 0) is 11.3 Å². The van der Waals surface area contributed by atoms with Crippen LogP contribution in [0.15, 0.2) is 9.59 Å². The van der Waals surface area contributed by atoms with Crippen molar-refractivity contribution in [2.75, 3.05) is 25.1 Å². The molecule has 1 heterocycles. The predicted molar refractivity (Wildman–Crippen MR) is 82.4 cm³/mol. The van der Waals surface area contributed by atoms with Crippen LogP contribution in [0, 0.1) is 5.92 Å². The third-order valence-corrected chi connectivity index (χ3v) is 2.96. The van der Waals surface area contributed by atoms with Gasteiger partial charge in [0.25, 0.3) is 5.56 Å². The maximum absolute atomic E-state index is 11.9. The summed E-state index contributed by atoms with van der Waals surface area (Å²) >= 11 is 0. The summed E-state index contributed by atoms with van der Waals surface area (Å²) in [4.78, 5) is 39.2. The molecule has 0 aliphatic carbocycles. The first-order chi connectivity index (χ1) is 9.65. The van der Waals surface area contributed by atoms with Gasteiger partial charge in [0.2, 0.25) is 5.91 Å². The van der Waals surface area contributed by atoms with E-state index in [2.05, 4.69) is 10.3 Å². The number of rotatable bonds is 5. The highest BCUT2D eigenvalue weighted by Gasteiger charge is 2.19. The molecule has 0 saturated heterocycles. The number of nitrogens with one attached hydrogen (secondary N) is 2. The first-order valence-corrected chi connectivity index (χ1v) is 6.75. The third-order valence-electron chi connectivity index (χ3n) is 2.96. The average Bonchev–Trinajstić information content (AvgIpc) is 2.37. The van der Waals surface area contributed by atoms with E-state index in [0.29, 0.717) is 6.54 Å². The minimum Gasteiger partial charge on any atom is -0.383 e. The number of aromatic amines is 1. The maximum Gasteiger partial charge on any atom is 0.330 e.